The standard InChI is InChI=1S/C15H21N3O/c1-10(2)18-9-12(5-6-16)13-7-11(8-15(17)19)3-4-14(13)18/h3-4,7,9-10H,5-6,8,16H2,1-2H3,(H2,17,19). The minimum Gasteiger partial charge on any atom is -0.369 e. The molecule has 0 saturated heterocycles. The van der Waals surface area contributed by atoms with E-state index in [9.17, 15) is 4.79 Å². The van der Waals surface area contributed by atoms with Crippen LogP contribution in [-0.4, -0.2) is 17.0 Å². The number of hydrogen-bond acceptors (Lipinski definition) is 2. The lowest BCUT2D eigenvalue weighted by Crippen LogP contribution is -2.13. The van der Waals surface area contributed by atoms with E-state index in [1.165, 1.54) is 16.5 Å². The van der Waals surface area contributed by atoms with Crippen molar-refractivity contribution in [1.29, 1.82) is 0 Å². The number of amides is 1. The highest BCUT2D eigenvalue weighted by Gasteiger charge is 2.11. The Morgan fingerprint density at radius 1 is 1.37 bits per heavy atom. The molecule has 0 unspecified atom stereocenters. The Bertz CT molecular complexity index is 599. The maximum absolute atomic E-state index is 11.0. The van der Waals surface area contributed by atoms with Crippen molar-refractivity contribution in [3.05, 3.63) is 35.5 Å². The van der Waals surface area contributed by atoms with Crippen LogP contribution in [-0.2, 0) is 17.6 Å². The fourth-order valence-corrected chi connectivity index (χ4v) is 2.47. The van der Waals surface area contributed by atoms with Gasteiger partial charge >= 0.3 is 0 Å². The molecule has 0 saturated carbocycles. The zero-order valence-electron chi connectivity index (χ0n) is 11.5. The zero-order valence-corrected chi connectivity index (χ0v) is 11.5. The van der Waals surface area contributed by atoms with Crippen molar-refractivity contribution in [2.45, 2.75) is 32.7 Å². The summed E-state index contributed by atoms with van der Waals surface area (Å²) in [6, 6.07) is 6.49. The van der Waals surface area contributed by atoms with E-state index in [0.29, 0.717) is 12.6 Å². The van der Waals surface area contributed by atoms with E-state index in [1.807, 2.05) is 6.07 Å². The summed E-state index contributed by atoms with van der Waals surface area (Å²) < 4.78 is 2.24. The van der Waals surface area contributed by atoms with Crippen LogP contribution >= 0.6 is 0 Å². The van der Waals surface area contributed by atoms with Crippen molar-refractivity contribution in [2.75, 3.05) is 6.54 Å². The molecule has 0 bridgehead atoms. The first-order valence-corrected chi connectivity index (χ1v) is 6.63. The Hall–Kier alpha value is -1.81. The van der Waals surface area contributed by atoms with Crippen molar-refractivity contribution in [3.63, 3.8) is 0 Å². The fourth-order valence-electron chi connectivity index (χ4n) is 2.47. The van der Waals surface area contributed by atoms with Gasteiger partial charge in [0, 0.05) is 23.1 Å². The Morgan fingerprint density at radius 3 is 2.68 bits per heavy atom. The van der Waals surface area contributed by atoms with E-state index in [0.717, 1.165) is 12.0 Å². The monoisotopic (exact) mass is 259 g/mol. The zero-order chi connectivity index (χ0) is 14.0. The van der Waals surface area contributed by atoms with Gasteiger partial charge in [-0.25, -0.2) is 0 Å². The molecule has 1 aromatic heterocycles. The van der Waals surface area contributed by atoms with Crippen molar-refractivity contribution in [1.82, 2.24) is 4.57 Å². The highest BCUT2D eigenvalue weighted by atomic mass is 16.1. The summed E-state index contributed by atoms with van der Waals surface area (Å²) in [5.74, 6) is -0.303. The normalized spacial score (nSPS) is 11.4. The first kappa shape index (κ1) is 13.6. The maximum atomic E-state index is 11.0. The van der Waals surface area contributed by atoms with Gasteiger partial charge in [-0.15, -0.1) is 0 Å². The second-order valence-corrected chi connectivity index (χ2v) is 5.19. The third-order valence-electron chi connectivity index (χ3n) is 3.33. The quantitative estimate of drug-likeness (QED) is 0.858. The molecule has 4 nitrogen and oxygen atoms in total. The average Bonchev–Trinajstić information content (AvgIpc) is 2.68. The Balaban J connectivity index is 2.55. The van der Waals surface area contributed by atoms with Gasteiger partial charge in [0.1, 0.15) is 0 Å². The van der Waals surface area contributed by atoms with Gasteiger partial charge in [0.25, 0.3) is 0 Å². The summed E-state index contributed by atoms with van der Waals surface area (Å²) in [7, 11) is 0. The van der Waals surface area contributed by atoms with E-state index in [4.69, 9.17) is 11.5 Å². The Kier molecular flexibility index (Phi) is 3.90. The second kappa shape index (κ2) is 5.45. The number of fused-ring (bicyclic) bond motifs is 1. The van der Waals surface area contributed by atoms with Gasteiger partial charge < -0.3 is 16.0 Å². The van der Waals surface area contributed by atoms with Crippen molar-refractivity contribution in [2.24, 2.45) is 11.5 Å². The van der Waals surface area contributed by atoms with Crippen LogP contribution in [0.1, 0.15) is 31.0 Å². The van der Waals surface area contributed by atoms with Gasteiger partial charge in [-0.2, -0.15) is 0 Å². The second-order valence-electron chi connectivity index (χ2n) is 5.19. The number of primary amides is 1. The molecule has 0 atom stereocenters. The summed E-state index contributed by atoms with van der Waals surface area (Å²) in [6.45, 7) is 4.93. The lowest BCUT2D eigenvalue weighted by Gasteiger charge is -2.09. The number of nitrogens with two attached hydrogens (primary N) is 2. The van der Waals surface area contributed by atoms with Gasteiger partial charge in [-0.05, 0) is 50.1 Å². The van der Waals surface area contributed by atoms with E-state index in [2.05, 4.69) is 36.7 Å². The predicted octanol–water partition coefficient (Wildman–Crippen LogP) is 1.75. The first-order valence-electron chi connectivity index (χ1n) is 6.63. The molecule has 19 heavy (non-hydrogen) atoms. The molecule has 1 amide bonds. The fraction of sp³-hybridized carbons (Fsp3) is 0.400. The van der Waals surface area contributed by atoms with Crippen molar-refractivity contribution >= 4 is 16.8 Å². The number of nitrogens with zero attached hydrogens (tertiary/aromatic N) is 1. The third-order valence-corrected chi connectivity index (χ3v) is 3.33. The largest absolute Gasteiger partial charge is 0.369 e. The Morgan fingerprint density at radius 2 is 2.11 bits per heavy atom. The summed E-state index contributed by atoms with van der Waals surface area (Å²) >= 11 is 0. The molecule has 4 N–H and O–H groups in total. The molecule has 2 rings (SSSR count). The molecule has 1 aromatic carbocycles. The highest BCUT2D eigenvalue weighted by molar-refractivity contribution is 5.86. The van der Waals surface area contributed by atoms with E-state index in [1.54, 1.807) is 0 Å². The average molecular weight is 259 g/mol. The van der Waals surface area contributed by atoms with Gasteiger partial charge in [0.2, 0.25) is 5.91 Å². The van der Waals surface area contributed by atoms with E-state index in [-0.39, 0.29) is 12.3 Å². The minimum atomic E-state index is -0.303. The summed E-state index contributed by atoms with van der Waals surface area (Å²) in [6.07, 6.45) is 3.29. The molecule has 1 heterocycles. The molecule has 0 aliphatic rings. The van der Waals surface area contributed by atoms with Crippen LogP contribution in [0.15, 0.2) is 24.4 Å². The minimum absolute atomic E-state index is 0.283. The Labute approximate surface area is 113 Å². The van der Waals surface area contributed by atoms with Crippen LogP contribution < -0.4 is 11.5 Å². The highest BCUT2D eigenvalue weighted by Crippen LogP contribution is 2.26. The maximum Gasteiger partial charge on any atom is 0.221 e. The van der Waals surface area contributed by atoms with Gasteiger partial charge in [-0.1, -0.05) is 6.07 Å². The molecule has 0 aliphatic heterocycles. The summed E-state index contributed by atoms with van der Waals surface area (Å²) in [5.41, 5.74) is 14.3. The van der Waals surface area contributed by atoms with Crippen LogP contribution in [0.5, 0.6) is 0 Å². The number of aromatic nitrogens is 1. The number of rotatable bonds is 5. The molecular weight excluding hydrogens is 238 g/mol. The van der Waals surface area contributed by atoms with Crippen LogP contribution in [0.3, 0.4) is 0 Å². The van der Waals surface area contributed by atoms with Crippen molar-refractivity contribution < 1.29 is 4.79 Å². The van der Waals surface area contributed by atoms with Gasteiger partial charge in [0.05, 0.1) is 6.42 Å². The molecule has 0 fully saturated rings. The van der Waals surface area contributed by atoms with Crippen LogP contribution in [0.25, 0.3) is 10.9 Å². The van der Waals surface area contributed by atoms with Gasteiger partial charge in [0.15, 0.2) is 0 Å². The first-order chi connectivity index (χ1) is 9.02. The summed E-state index contributed by atoms with van der Waals surface area (Å²) in [4.78, 5) is 11.0. The van der Waals surface area contributed by atoms with Gasteiger partial charge in [-0.3, -0.25) is 4.79 Å². The summed E-state index contributed by atoms with van der Waals surface area (Å²) in [5, 5.41) is 1.18. The van der Waals surface area contributed by atoms with E-state index >= 15 is 0 Å². The SMILES string of the molecule is CC(C)n1cc(CCN)c2cc(CC(N)=O)ccc21. The molecule has 0 radical (unpaired) electrons. The van der Waals surface area contributed by atoms with E-state index < -0.39 is 0 Å². The molecule has 4 heteroatoms. The van der Waals surface area contributed by atoms with Crippen LogP contribution in [0, 0.1) is 0 Å². The lowest BCUT2D eigenvalue weighted by atomic mass is 10.1. The van der Waals surface area contributed by atoms with Crippen LogP contribution in [0.4, 0.5) is 0 Å². The number of hydrogen-bond donors (Lipinski definition) is 2. The number of carbonyl (C=O) groups excluding carboxylic acids is 1. The van der Waals surface area contributed by atoms with Crippen LogP contribution in [0.2, 0.25) is 0 Å². The molecule has 102 valence electrons. The third kappa shape index (κ3) is 2.79. The number of carbonyl (C=O) groups is 1. The molecular formula is C15H21N3O. The predicted molar refractivity (Wildman–Crippen MR) is 78.0 cm³/mol. The topological polar surface area (TPSA) is 74.0 Å². The smallest absolute Gasteiger partial charge is 0.221 e. The molecule has 2 aromatic rings. The molecule has 0 spiro atoms. The lowest BCUT2D eigenvalue weighted by molar-refractivity contribution is -0.117. The molecule has 0 aliphatic carbocycles. The number of benzene rings is 1. The van der Waals surface area contributed by atoms with Crippen molar-refractivity contribution in [3.8, 4) is 0 Å².